The molecule has 0 radical (unpaired) electrons. The number of hydrogen-bond acceptors (Lipinski definition) is 1. The van der Waals surface area contributed by atoms with Crippen LogP contribution in [0.3, 0.4) is 0 Å². The van der Waals surface area contributed by atoms with E-state index in [0.29, 0.717) is 0 Å². The lowest BCUT2D eigenvalue weighted by molar-refractivity contribution is 0.476. The molecule has 0 unspecified atom stereocenters. The normalized spacial score (nSPS) is 10.0. The molecule has 0 saturated carbocycles. The fraction of sp³-hybridized carbons (Fsp3) is 0. The van der Waals surface area contributed by atoms with Crippen LogP contribution in [0.5, 0.6) is 5.75 Å². The SMILES string of the molecule is C#Cc1cccc2cc(O)cc(I)c12. The molecule has 1 nitrogen and oxygen atoms in total. The fourth-order valence-electron chi connectivity index (χ4n) is 1.48. The van der Waals surface area contributed by atoms with E-state index in [-0.39, 0.29) is 5.75 Å². The van der Waals surface area contributed by atoms with Gasteiger partial charge in [-0.05, 0) is 46.2 Å². The number of terminal acetylenes is 1. The van der Waals surface area contributed by atoms with Gasteiger partial charge in [-0.15, -0.1) is 6.42 Å². The second-order valence-electron chi connectivity index (χ2n) is 2.98. The van der Waals surface area contributed by atoms with Crippen LogP contribution in [0.25, 0.3) is 10.8 Å². The summed E-state index contributed by atoms with van der Waals surface area (Å²) >= 11 is 2.18. The van der Waals surface area contributed by atoms with Crippen molar-refractivity contribution >= 4 is 33.4 Å². The molecule has 2 aromatic carbocycles. The minimum absolute atomic E-state index is 0.274. The Balaban J connectivity index is 2.96. The summed E-state index contributed by atoms with van der Waals surface area (Å²) in [4.78, 5) is 0. The lowest BCUT2D eigenvalue weighted by Crippen LogP contribution is -1.83. The zero-order valence-electron chi connectivity index (χ0n) is 7.29. The van der Waals surface area contributed by atoms with Crippen molar-refractivity contribution in [3.8, 4) is 18.1 Å². The van der Waals surface area contributed by atoms with Gasteiger partial charge in [-0.3, -0.25) is 0 Å². The van der Waals surface area contributed by atoms with Crippen molar-refractivity contribution in [2.24, 2.45) is 0 Å². The molecule has 0 fully saturated rings. The second kappa shape index (κ2) is 3.50. The maximum atomic E-state index is 9.42. The molecule has 0 spiro atoms. The maximum Gasteiger partial charge on any atom is 0.117 e. The van der Waals surface area contributed by atoms with Crippen molar-refractivity contribution in [2.75, 3.05) is 0 Å². The standard InChI is InChI=1S/C12H7IO/c1-2-8-4-3-5-9-6-10(14)7-11(13)12(8)9/h1,3-7,14H. The molecule has 0 heterocycles. The van der Waals surface area contributed by atoms with Crippen molar-refractivity contribution in [1.82, 2.24) is 0 Å². The van der Waals surface area contributed by atoms with Gasteiger partial charge in [0.05, 0.1) is 0 Å². The number of aromatic hydroxyl groups is 1. The highest BCUT2D eigenvalue weighted by molar-refractivity contribution is 14.1. The largest absolute Gasteiger partial charge is 0.508 e. The van der Waals surface area contributed by atoms with Gasteiger partial charge >= 0.3 is 0 Å². The van der Waals surface area contributed by atoms with Crippen molar-refractivity contribution in [1.29, 1.82) is 0 Å². The Kier molecular flexibility index (Phi) is 2.34. The van der Waals surface area contributed by atoms with E-state index < -0.39 is 0 Å². The van der Waals surface area contributed by atoms with E-state index >= 15 is 0 Å². The van der Waals surface area contributed by atoms with Crippen LogP contribution >= 0.6 is 22.6 Å². The Hall–Kier alpha value is -1.21. The predicted molar refractivity (Wildman–Crippen MR) is 66.3 cm³/mol. The number of phenols is 1. The van der Waals surface area contributed by atoms with Gasteiger partial charge in [-0.1, -0.05) is 18.1 Å². The third-order valence-electron chi connectivity index (χ3n) is 2.07. The van der Waals surface area contributed by atoms with E-state index in [9.17, 15) is 5.11 Å². The van der Waals surface area contributed by atoms with Gasteiger partial charge in [0.1, 0.15) is 5.75 Å². The molecule has 0 amide bonds. The molecule has 14 heavy (non-hydrogen) atoms. The van der Waals surface area contributed by atoms with Crippen molar-refractivity contribution in [2.45, 2.75) is 0 Å². The Morgan fingerprint density at radius 2 is 2.07 bits per heavy atom. The van der Waals surface area contributed by atoms with Gasteiger partial charge in [-0.25, -0.2) is 0 Å². The number of hydrogen-bond donors (Lipinski definition) is 1. The number of fused-ring (bicyclic) bond motifs is 1. The first-order valence-electron chi connectivity index (χ1n) is 4.10. The first kappa shape index (κ1) is 9.35. The molecule has 68 valence electrons. The zero-order valence-corrected chi connectivity index (χ0v) is 9.45. The van der Waals surface area contributed by atoms with Crippen molar-refractivity contribution in [3.05, 3.63) is 39.5 Å². The molecule has 2 heteroatoms. The lowest BCUT2D eigenvalue weighted by atomic mass is 10.1. The van der Waals surface area contributed by atoms with E-state index in [0.717, 1.165) is 19.9 Å². The van der Waals surface area contributed by atoms with Gasteiger partial charge in [-0.2, -0.15) is 0 Å². The molecule has 0 atom stereocenters. The Morgan fingerprint density at radius 3 is 2.79 bits per heavy atom. The van der Waals surface area contributed by atoms with E-state index in [4.69, 9.17) is 6.42 Å². The monoisotopic (exact) mass is 294 g/mol. The van der Waals surface area contributed by atoms with Crippen LogP contribution in [-0.4, -0.2) is 5.11 Å². The maximum absolute atomic E-state index is 9.42. The summed E-state index contributed by atoms with van der Waals surface area (Å²) in [5.74, 6) is 2.92. The average Bonchev–Trinajstić information content (AvgIpc) is 2.16. The molecule has 2 aromatic rings. The predicted octanol–water partition coefficient (Wildman–Crippen LogP) is 3.13. The summed E-state index contributed by atoms with van der Waals surface area (Å²) in [6, 6.07) is 9.18. The van der Waals surface area contributed by atoms with Crippen LogP contribution in [0.4, 0.5) is 0 Å². The minimum Gasteiger partial charge on any atom is -0.508 e. The van der Waals surface area contributed by atoms with Crippen LogP contribution in [0.2, 0.25) is 0 Å². The van der Waals surface area contributed by atoms with Crippen LogP contribution in [0, 0.1) is 15.9 Å². The van der Waals surface area contributed by atoms with E-state index in [2.05, 4.69) is 28.5 Å². The first-order chi connectivity index (χ1) is 6.72. The number of rotatable bonds is 0. The molecule has 0 aliphatic rings. The molecule has 0 saturated heterocycles. The Morgan fingerprint density at radius 1 is 1.29 bits per heavy atom. The fourth-order valence-corrected chi connectivity index (χ4v) is 2.40. The summed E-state index contributed by atoms with van der Waals surface area (Å²) < 4.78 is 0.978. The highest BCUT2D eigenvalue weighted by Crippen LogP contribution is 2.28. The summed E-state index contributed by atoms with van der Waals surface area (Å²) in [6.07, 6.45) is 5.41. The van der Waals surface area contributed by atoms with Crippen LogP contribution in [0.1, 0.15) is 5.56 Å². The van der Waals surface area contributed by atoms with Gasteiger partial charge in [0, 0.05) is 14.5 Å². The molecule has 0 aliphatic heterocycles. The average molecular weight is 294 g/mol. The quantitative estimate of drug-likeness (QED) is 0.584. The van der Waals surface area contributed by atoms with Gasteiger partial charge in [0.15, 0.2) is 0 Å². The smallest absolute Gasteiger partial charge is 0.117 e. The van der Waals surface area contributed by atoms with Gasteiger partial charge in [0.25, 0.3) is 0 Å². The van der Waals surface area contributed by atoms with Gasteiger partial charge in [0.2, 0.25) is 0 Å². The van der Waals surface area contributed by atoms with E-state index in [1.54, 1.807) is 12.1 Å². The molecular formula is C12H7IO. The third kappa shape index (κ3) is 1.44. The highest BCUT2D eigenvalue weighted by Gasteiger charge is 2.04. The summed E-state index contributed by atoms with van der Waals surface area (Å²) in [6.45, 7) is 0. The van der Waals surface area contributed by atoms with Crippen LogP contribution in [0.15, 0.2) is 30.3 Å². The molecule has 0 aliphatic carbocycles. The number of phenolic OH excluding ortho intramolecular Hbond substituents is 1. The second-order valence-corrected chi connectivity index (χ2v) is 4.14. The zero-order chi connectivity index (χ0) is 10.1. The molecule has 2 rings (SSSR count). The molecule has 1 N–H and O–H groups in total. The van der Waals surface area contributed by atoms with Crippen molar-refractivity contribution in [3.63, 3.8) is 0 Å². The lowest BCUT2D eigenvalue weighted by Gasteiger charge is -2.04. The number of benzene rings is 2. The number of halogens is 1. The van der Waals surface area contributed by atoms with Crippen LogP contribution in [-0.2, 0) is 0 Å². The Bertz CT molecular complexity index is 538. The summed E-state index contributed by atoms with van der Waals surface area (Å²) in [5.41, 5.74) is 0.868. The minimum atomic E-state index is 0.274. The first-order valence-corrected chi connectivity index (χ1v) is 5.18. The van der Waals surface area contributed by atoms with Crippen molar-refractivity contribution < 1.29 is 5.11 Å². The Labute approximate surface area is 95.9 Å². The summed E-state index contributed by atoms with van der Waals surface area (Å²) in [7, 11) is 0. The molecule has 0 aromatic heterocycles. The van der Waals surface area contributed by atoms with E-state index in [1.807, 2.05) is 18.2 Å². The molecular weight excluding hydrogens is 287 g/mol. The highest BCUT2D eigenvalue weighted by atomic mass is 127. The topological polar surface area (TPSA) is 20.2 Å². The molecule has 0 bridgehead atoms. The van der Waals surface area contributed by atoms with Gasteiger partial charge < -0.3 is 5.11 Å². The third-order valence-corrected chi connectivity index (χ3v) is 2.92. The van der Waals surface area contributed by atoms with Crippen LogP contribution < -0.4 is 0 Å². The van der Waals surface area contributed by atoms with E-state index in [1.165, 1.54) is 0 Å². The summed E-state index contributed by atoms with van der Waals surface area (Å²) in [5, 5.41) is 11.4.